The number of hydrogen-bond donors (Lipinski definition) is 1. The van der Waals surface area contributed by atoms with Gasteiger partial charge in [0.05, 0.1) is 30.2 Å². The smallest absolute Gasteiger partial charge is 0.305 e. The van der Waals surface area contributed by atoms with Crippen LogP contribution in [0.4, 0.5) is 10.3 Å². The molecule has 50 heavy (non-hydrogen) atoms. The van der Waals surface area contributed by atoms with Crippen molar-refractivity contribution >= 4 is 52.5 Å². The molecule has 0 aliphatic heterocycles. The third-order valence-electron chi connectivity index (χ3n) is 8.43. The van der Waals surface area contributed by atoms with Gasteiger partial charge in [-0.05, 0) is 57.7 Å². The minimum Gasteiger partial charge on any atom is -0.481 e. The van der Waals surface area contributed by atoms with E-state index in [1.54, 1.807) is 6.08 Å². The molecule has 0 fully saturated rings. The zero-order valence-corrected chi connectivity index (χ0v) is 31.2. The Hall–Kier alpha value is -4.52. The summed E-state index contributed by atoms with van der Waals surface area (Å²) in [5.74, 6) is -2.23. The molecule has 3 aromatic carbocycles. The standard InChI is InChI=1S/C38H44FN3O6SSi/c1-26(2)35-33(36(27-18-20-28(39)21-19-27)41-37(40-35)42(6)49(7,46)47)23-22-29(43)24-30(25-34(44)45)48-50(38(3,4)5,31-14-10-8-11-15-31)32-16-12-9-13-17-32/h8-23,26,30H,24-25H2,1-7H3,(H,44,45)/b23-22+/t30-/m1/s1. The fraction of sp³-hybridized carbons (Fsp3) is 0.316. The Labute approximate surface area is 295 Å². The molecule has 264 valence electrons. The van der Waals surface area contributed by atoms with Crippen LogP contribution in [0.15, 0.2) is 91.0 Å². The van der Waals surface area contributed by atoms with Gasteiger partial charge in [-0.2, -0.15) is 0 Å². The van der Waals surface area contributed by atoms with Crippen LogP contribution >= 0.6 is 0 Å². The van der Waals surface area contributed by atoms with Crippen LogP contribution in [0.5, 0.6) is 0 Å². The van der Waals surface area contributed by atoms with E-state index in [2.05, 4.69) is 30.7 Å². The molecule has 0 aliphatic carbocycles. The first kappa shape index (κ1) is 38.3. The van der Waals surface area contributed by atoms with Gasteiger partial charge in [0, 0.05) is 24.6 Å². The molecule has 12 heteroatoms. The number of allylic oxidation sites excluding steroid dienone is 1. The summed E-state index contributed by atoms with van der Waals surface area (Å²) in [4.78, 5) is 35.1. The van der Waals surface area contributed by atoms with Gasteiger partial charge in [0.15, 0.2) is 5.78 Å². The maximum atomic E-state index is 13.9. The number of aliphatic carboxylic acids is 1. The molecule has 0 saturated carbocycles. The number of hydrogen-bond acceptors (Lipinski definition) is 7. The van der Waals surface area contributed by atoms with Crippen LogP contribution < -0.4 is 14.7 Å². The highest BCUT2D eigenvalue weighted by Gasteiger charge is 2.51. The van der Waals surface area contributed by atoms with Crippen molar-refractivity contribution in [2.24, 2.45) is 0 Å². The number of halogens is 1. The first-order valence-electron chi connectivity index (χ1n) is 16.3. The van der Waals surface area contributed by atoms with Gasteiger partial charge in [-0.1, -0.05) is 95.3 Å². The molecule has 0 spiro atoms. The lowest BCUT2D eigenvalue weighted by Gasteiger charge is -2.45. The number of carbonyl (C=O) groups is 2. The number of aromatic nitrogens is 2. The van der Waals surface area contributed by atoms with Crippen LogP contribution in [0.1, 0.15) is 64.6 Å². The predicted octanol–water partition coefficient (Wildman–Crippen LogP) is 6.19. The third kappa shape index (κ3) is 8.79. The van der Waals surface area contributed by atoms with Crippen molar-refractivity contribution in [2.45, 2.75) is 64.5 Å². The van der Waals surface area contributed by atoms with Crippen molar-refractivity contribution in [2.75, 3.05) is 17.6 Å². The van der Waals surface area contributed by atoms with Crippen molar-refractivity contribution in [3.05, 3.63) is 108 Å². The fourth-order valence-electron chi connectivity index (χ4n) is 5.96. The molecule has 1 atom stereocenters. The highest BCUT2D eigenvalue weighted by molar-refractivity contribution is 7.92. The first-order valence-corrected chi connectivity index (χ1v) is 20.0. The number of anilines is 1. The maximum absolute atomic E-state index is 13.9. The lowest BCUT2D eigenvalue weighted by atomic mass is 9.97. The van der Waals surface area contributed by atoms with Crippen LogP contribution in [0.3, 0.4) is 0 Å². The van der Waals surface area contributed by atoms with E-state index >= 15 is 0 Å². The van der Waals surface area contributed by atoms with E-state index in [1.165, 1.54) is 37.4 Å². The van der Waals surface area contributed by atoms with E-state index in [4.69, 9.17) is 4.43 Å². The Morgan fingerprint density at radius 3 is 1.92 bits per heavy atom. The number of carboxylic acids is 1. The molecule has 0 unspecified atom stereocenters. The molecular weight excluding hydrogens is 674 g/mol. The molecule has 0 radical (unpaired) electrons. The third-order valence-corrected chi connectivity index (χ3v) is 14.7. The molecule has 1 N–H and O–H groups in total. The predicted molar refractivity (Wildman–Crippen MR) is 198 cm³/mol. The Balaban J connectivity index is 1.80. The molecule has 4 aromatic rings. The Morgan fingerprint density at radius 2 is 1.46 bits per heavy atom. The largest absolute Gasteiger partial charge is 0.481 e. The summed E-state index contributed by atoms with van der Waals surface area (Å²) in [7, 11) is -5.56. The number of nitrogens with zero attached hydrogens (tertiary/aromatic N) is 3. The van der Waals surface area contributed by atoms with Crippen molar-refractivity contribution in [3.63, 3.8) is 0 Å². The van der Waals surface area contributed by atoms with Crippen LogP contribution in [-0.2, 0) is 24.0 Å². The number of rotatable bonds is 14. The molecule has 0 bridgehead atoms. The number of sulfonamides is 1. The number of benzene rings is 3. The normalized spacial score (nSPS) is 13.1. The van der Waals surface area contributed by atoms with Gasteiger partial charge in [-0.25, -0.2) is 27.1 Å². The summed E-state index contributed by atoms with van der Waals surface area (Å²) in [6, 6.07) is 25.1. The topological polar surface area (TPSA) is 127 Å². The van der Waals surface area contributed by atoms with Gasteiger partial charge < -0.3 is 9.53 Å². The number of carbonyl (C=O) groups excluding carboxylic acids is 1. The van der Waals surface area contributed by atoms with E-state index in [0.717, 1.165) is 20.9 Å². The summed E-state index contributed by atoms with van der Waals surface area (Å²) in [5.41, 5.74) is 1.72. The van der Waals surface area contributed by atoms with Gasteiger partial charge in [0.2, 0.25) is 16.0 Å². The quantitative estimate of drug-likeness (QED) is 0.121. The second-order valence-electron chi connectivity index (χ2n) is 13.6. The monoisotopic (exact) mass is 717 g/mol. The molecule has 0 saturated heterocycles. The van der Waals surface area contributed by atoms with Gasteiger partial charge in [-0.15, -0.1) is 0 Å². The average Bonchev–Trinajstić information content (AvgIpc) is 3.05. The van der Waals surface area contributed by atoms with E-state index in [9.17, 15) is 27.5 Å². The van der Waals surface area contributed by atoms with Gasteiger partial charge >= 0.3 is 5.97 Å². The van der Waals surface area contributed by atoms with Crippen molar-refractivity contribution < 1.29 is 31.9 Å². The second-order valence-corrected chi connectivity index (χ2v) is 19.8. The molecule has 1 aromatic heterocycles. The average molecular weight is 718 g/mol. The molecular formula is C38H44FN3O6SSi. The van der Waals surface area contributed by atoms with Gasteiger partial charge in [0.1, 0.15) is 5.82 Å². The van der Waals surface area contributed by atoms with Crippen LogP contribution in [0, 0.1) is 5.82 Å². The zero-order valence-electron chi connectivity index (χ0n) is 29.4. The van der Waals surface area contributed by atoms with Crippen molar-refractivity contribution in [1.82, 2.24) is 9.97 Å². The fourth-order valence-corrected chi connectivity index (χ4v) is 11.0. The summed E-state index contributed by atoms with van der Waals surface area (Å²) in [5, 5.41) is 11.4. The van der Waals surface area contributed by atoms with Gasteiger partial charge in [0.25, 0.3) is 8.32 Å². The van der Waals surface area contributed by atoms with Crippen molar-refractivity contribution in [1.29, 1.82) is 0 Å². The Kier molecular flexibility index (Phi) is 11.9. The maximum Gasteiger partial charge on any atom is 0.305 e. The van der Waals surface area contributed by atoms with Gasteiger partial charge in [-0.3, -0.25) is 9.59 Å². The van der Waals surface area contributed by atoms with E-state index in [1.807, 2.05) is 74.5 Å². The van der Waals surface area contributed by atoms with Crippen molar-refractivity contribution in [3.8, 4) is 11.3 Å². The van der Waals surface area contributed by atoms with E-state index in [-0.39, 0.29) is 24.1 Å². The molecule has 9 nitrogen and oxygen atoms in total. The summed E-state index contributed by atoms with van der Waals surface area (Å²) in [6.45, 7) is 9.98. The molecule has 0 amide bonds. The molecule has 4 rings (SSSR count). The number of ketones is 1. The zero-order chi connectivity index (χ0) is 36.9. The lowest BCUT2D eigenvalue weighted by Crippen LogP contribution is -2.67. The minimum atomic E-state index is -3.71. The second kappa shape index (κ2) is 15.6. The highest BCUT2D eigenvalue weighted by Crippen LogP contribution is 2.38. The molecule has 1 heterocycles. The van der Waals surface area contributed by atoms with E-state index < -0.39 is 47.7 Å². The Bertz CT molecular complexity index is 1910. The Morgan fingerprint density at radius 1 is 0.920 bits per heavy atom. The summed E-state index contributed by atoms with van der Waals surface area (Å²) < 4.78 is 46.7. The minimum absolute atomic E-state index is 0.0702. The molecule has 0 aliphatic rings. The summed E-state index contributed by atoms with van der Waals surface area (Å²) in [6.07, 6.45) is 2.38. The SMILES string of the molecule is CC(C)c1nc(N(C)S(C)(=O)=O)nc(-c2ccc(F)cc2)c1/C=C/C(=O)C[C@H](CC(=O)O)O[Si](c1ccccc1)(c1ccccc1)C(C)(C)C. The van der Waals surface area contributed by atoms with Crippen LogP contribution in [-0.4, -0.2) is 63.0 Å². The van der Waals surface area contributed by atoms with E-state index in [0.29, 0.717) is 22.5 Å². The van der Waals surface area contributed by atoms with Crippen LogP contribution in [0.2, 0.25) is 5.04 Å². The first-order chi connectivity index (χ1) is 23.4. The number of carboxylic acid groups (broad SMARTS) is 1. The highest BCUT2D eigenvalue weighted by atomic mass is 32.2. The van der Waals surface area contributed by atoms with Crippen LogP contribution in [0.25, 0.3) is 17.3 Å². The summed E-state index contributed by atoms with van der Waals surface area (Å²) >= 11 is 0. The lowest BCUT2D eigenvalue weighted by molar-refractivity contribution is -0.139.